The predicted molar refractivity (Wildman–Crippen MR) is 101 cm³/mol. The Kier molecular flexibility index (Phi) is 5.09. The lowest BCUT2D eigenvalue weighted by Crippen LogP contribution is -2.19. The van der Waals surface area contributed by atoms with Gasteiger partial charge in [0, 0.05) is 19.0 Å². The van der Waals surface area contributed by atoms with E-state index in [0.717, 1.165) is 22.2 Å². The van der Waals surface area contributed by atoms with E-state index in [1.54, 1.807) is 12.1 Å². The first-order valence-corrected chi connectivity index (χ1v) is 8.91. The van der Waals surface area contributed by atoms with Crippen molar-refractivity contribution in [2.75, 3.05) is 5.32 Å². The minimum absolute atomic E-state index is 0.0797. The number of benzene rings is 2. The van der Waals surface area contributed by atoms with E-state index >= 15 is 0 Å². The maximum absolute atomic E-state index is 12.4. The number of amides is 2. The third-order valence-corrected chi connectivity index (χ3v) is 4.77. The predicted octanol–water partition coefficient (Wildman–Crippen LogP) is 3.75. The third-order valence-electron chi connectivity index (χ3n) is 3.84. The molecule has 25 heavy (non-hydrogen) atoms. The number of aryl methyl sites for hydroxylation is 1. The van der Waals surface area contributed by atoms with Gasteiger partial charge in [-0.15, -0.1) is 0 Å². The van der Waals surface area contributed by atoms with Crippen molar-refractivity contribution in [1.82, 2.24) is 10.3 Å². The van der Waals surface area contributed by atoms with Crippen LogP contribution in [0.5, 0.6) is 0 Å². The van der Waals surface area contributed by atoms with Gasteiger partial charge in [0.25, 0.3) is 5.91 Å². The molecule has 3 rings (SSSR count). The molecule has 1 heterocycles. The number of carbonyl (C=O) groups excluding carboxylic acids is 2. The summed E-state index contributed by atoms with van der Waals surface area (Å²) in [7, 11) is 0. The number of nitrogens with zero attached hydrogens (tertiary/aromatic N) is 1. The van der Waals surface area contributed by atoms with Gasteiger partial charge in [0.1, 0.15) is 0 Å². The molecular formula is C19H19N3O2S. The molecule has 0 aliphatic carbocycles. The molecule has 2 aromatic carbocycles. The van der Waals surface area contributed by atoms with Crippen LogP contribution in [0.3, 0.4) is 0 Å². The Morgan fingerprint density at radius 3 is 2.48 bits per heavy atom. The van der Waals surface area contributed by atoms with E-state index in [4.69, 9.17) is 0 Å². The molecule has 2 amide bonds. The van der Waals surface area contributed by atoms with Crippen molar-refractivity contribution >= 4 is 38.5 Å². The number of hydrogen-bond acceptors (Lipinski definition) is 4. The van der Waals surface area contributed by atoms with Gasteiger partial charge in [0.15, 0.2) is 5.13 Å². The zero-order valence-electron chi connectivity index (χ0n) is 14.1. The monoisotopic (exact) mass is 353 g/mol. The van der Waals surface area contributed by atoms with Gasteiger partial charge in [0.2, 0.25) is 5.91 Å². The molecular weight excluding hydrogens is 334 g/mol. The minimum Gasteiger partial charge on any atom is -0.352 e. The Bertz CT molecular complexity index is 916. The number of carbonyl (C=O) groups is 2. The SMILES string of the molecule is CCc1ccc2nc(NC(=O)c3ccc(CNC(C)=O)cc3)sc2c1. The highest BCUT2D eigenvalue weighted by molar-refractivity contribution is 7.22. The number of fused-ring (bicyclic) bond motifs is 1. The number of anilines is 1. The standard InChI is InChI=1S/C19H19N3O2S/c1-3-13-6-9-16-17(10-13)25-19(21-16)22-18(24)15-7-4-14(5-8-15)11-20-12(2)23/h4-10H,3,11H2,1-2H3,(H,20,23)(H,21,22,24). The third kappa shape index (κ3) is 4.22. The van der Waals surface area contributed by atoms with E-state index in [9.17, 15) is 9.59 Å². The second-order valence-corrected chi connectivity index (χ2v) is 6.77. The lowest BCUT2D eigenvalue weighted by atomic mass is 10.1. The van der Waals surface area contributed by atoms with Crippen LogP contribution in [-0.4, -0.2) is 16.8 Å². The minimum atomic E-state index is -0.194. The summed E-state index contributed by atoms with van der Waals surface area (Å²) >= 11 is 1.47. The van der Waals surface area contributed by atoms with Crippen LogP contribution in [0.1, 0.15) is 35.3 Å². The number of rotatable bonds is 5. The van der Waals surface area contributed by atoms with Gasteiger partial charge in [-0.2, -0.15) is 0 Å². The molecule has 0 radical (unpaired) electrons. The van der Waals surface area contributed by atoms with E-state index in [1.165, 1.54) is 23.8 Å². The molecule has 5 nitrogen and oxygen atoms in total. The van der Waals surface area contributed by atoms with Crippen molar-refractivity contribution in [2.24, 2.45) is 0 Å². The van der Waals surface area contributed by atoms with Gasteiger partial charge in [0.05, 0.1) is 10.2 Å². The highest BCUT2D eigenvalue weighted by Gasteiger charge is 2.10. The van der Waals surface area contributed by atoms with E-state index < -0.39 is 0 Å². The lowest BCUT2D eigenvalue weighted by molar-refractivity contribution is -0.119. The molecule has 1 aromatic heterocycles. The van der Waals surface area contributed by atoms with Gasteiger partial charge in [-0.25, -0.2) is 4.98 Å². The van der Waals surface area contributed by atoms with Crippen molar-refractivity contribution in [3.05, 3.63) is 59.2 Å². The smallest absolute Gasteiger partial charge is 0.257 e. The highest BCUT2D eigenvalue weighted by atomic mass is 32.1. The van der Waals surface area contributed by atoms with Crippen LogP contribution >= 0.6 is 11.3 Å². The Hall–Kier alpha value is -2.73. The van der Waals surface area contributed by atoms with Crippen LogP contribution in [0.2, 0.25) is 0 Å². The number of hydrogen-bond donors (Lipinski definition) is 2. The molecule has 0 bridgehead atoms. The topological polar surface area (TPSA) is 71.1 Å². The molecule has 0 fully saturated rings. The Morgan fingerprint density at radius 1 is 1.08 bits per heavy atom. The molecule has 0 atom stereocenters. The van der Waals surface area contributed by atoms with Crippen molar-refractivity contribution in [3.8, 4) is 0 Å². The highest BCUT2D eigenvalue weighted by Crippen LogP contribution is 2.27. The van der Waals surface area contributed by atoms with E-state index in [-0.39, 0.29) is 11.8 Å². The van der Waals surface area contributed by atoms with Gasteiger partial charge < -0.3 is 5.32 Å². The van der Waals surface area contributed by atoms with Crippen molar-refractivity contribution in [1.29, 1.82) is 0 Å². The van der Waals surface area contributed by atoms with Gasteiger partial charge in [-0.1, -0.05) is 36.5 Å². The van der Waals surface area contributed by atoms with E-state index in [2.05, 4.69) is 34.7 Å². The van der Waals surface area contributed by atoms with Crippen molar-refractivity contribution < 1.29 is 9.59 Å². The Balaban J connectivity index is 1.70. The first-order valence-electron chi connectivity index (χ1n) is 8.09. The average molecular weight is 353 g/mol. The zero-order valence-corrected chi connectivity index (χ0v) is 14.9. The fourth-order valence-electron chi connectivity index (χ4n) is 2.41. The lowest BCUT2D eigenvalue weighted by Gasteiger charge is -2.05. The maximum Gasteiger partial charge on any atom is 0.257 e. The van der Waals surface area contributed by atoms with Crippen LogP contribution in [0.4, 0.5) is 5.13 Å². The van der Waals surface area contributed by atoms with Crippen LogP contribution in [0.15, 0.2) is 42.5 Å². The van der Waals surface area contributed by atoms with E-state index in [0.29, 0.717) is 17.2 Å². The van der Waals surface area contributed by atoms with Crippen molar-refractivity contribution in [3.63, 3.8) is 0 Å². The van der Waals surface area contributed by atoms with Crippen LogP contribution < -0.4 is 10.6 Å². The summed E-state index contributed by atoms with van der Waals surface area (Å²) in [5, 5.41) is 6.17. The Morgan fingerprint density at radius 2 is 1.80 bits per heavy atom. The molecule has 6 heteroatoms. The number of thiazole rings is 1. The Labute approximate surface area is 150 Å². The normalized spacial score (nSPS) is 10.6. The molecule has 0 aliphatic heterocycles. The number of nitrogens with one attached hydrogen (secondary N) is 2. The molecule has 0 aliphatic rings. The van der Waals surface area contributed by atoms with Gasteiger partial charge in [-0.3, -0.25) is 14.9 Å². The van der Waals surface area contributed by atoms with Crippen LogP contribution in [0, 0.1) is 0 Å². The summed E-state index contributed by atoms with van der Waals surface area (Å²) in [5.74, 6) is -0.273. The molecule has 128 valence electrons. The summed E-state index contributed by atoms with van der Waals surface area (Å²) < 4.78 is 1.07. The number of aromatic nitrogens is 1. The van der Waals surface area contributed by atoms with E-state index in [1.807, 2.05) is 18.2 Å². The maximum atomic E-state index is 12.4. The molecule has 3 aromatic rings. The zero-order chi connectivity index (χ0) is 17.8. The van der Waals surface area contributed by atoms with Gasteiger partial charge in [-0.05, 0) is 41.8 Å². The summed E-state index contributed by atoms with van der Waals surface area (Å²) in [6.07, 6.45) is 0.973. The van der Waals surface area contributed by atoms with Crippen LogP contribution in [0.25, 0.3) is 10.2 Å². The largest absolute Gasteiger partial charge is 0.352 e. The molecule has 0 saturated heterocycles. The summed E-state index contributed by atoms with van der Waals surface area (Å²) in [4.78, 5) is 27.8. The fraction of sp³-hybridized carbons (Fsp3) is 0.211. The molecule has 0 unspecified atom stereocenters. The first kappa shape index (κ1) is 17.1. The molecule has 2 N–H and O–H groups in total. The summed E-state index contributed by atoms with van der Waals surface area (Å²) in [6, 6.07) is 13.3. The quantitative estimate of drug-likeness (QED) is 0.734. The average Bonchev–Trinajstić information content (AvgIpc) is 3.01. The summed E-state index contributed by atoms with van der Waals surface area (Å²) in [6.45, 7) is 4.04. The fourth-order valence-corrected chi connectivity index (χ4v) is 3.34. The first-order chi connectivity index (χ1) is 12.0. The van der Waals surface area contributed by atoms with Crippen LogP contribution in [-0.2, 0) is 17.8 Å². The molecule has 0 saturated carbocycles. The second-order valence-electron chi connectivity index (χ2n) is 5.74. The summed E-state index contributed by atoms with van der Waals surface area (Å²) in [5.41, 5.74) is 3.64. The second kappa shape index (κ2) is 7.44. The van der Waals surface area contributed by atoms with Crippen molar-refractivity contribution in [2.45, 2.75) is 26.8 Å². The van der Waals surface area contributed by atoms with Gasteiger partial charge >= 0.3 is 0 Å². The molecule has 0 spiro atoms.